The number of hydrogen-bond acceptors (Lipinski definition) is 2. The van der Waals surface area contributed by atoms with Crippen LogP contribution in [0.25, 0.3) is 0 Å². The first-order chi connectivity index (χ1) is 10.1. The average Bonchev–Trinajstić information content (AvgIpc) is 2.80. The van der Waals surface area contributed by atoms with E-state index < -0.39 is 5.97 Å². The van der Waals surface area contributed by atoms with Gasteiger partial charge in [-0.25, -0.2) is 4.39 Å². The minimum absolute atomic E-state index is 0.183. The highest BCUT2D eigenvalue weighted by Gasteiger charge is 2.30. The number of benzene rings is 1. The SMILES string of the molecule is CN1C[C@H](CC=CCCC(=O)O)[C@@H](c2ccc(F)cc2)C1. The van der Waals surface area contributed by atoms with Crippen molar-refractivity contribution in [1.82, 2.24) is 4.90 Å². The molecule has 114 valence electrons. The van der Waals surface area contributed by atoms with Crippen molar-refractivity contribution in [2.75, 3.05) is 20.1 Å². The second-order valence-corrected chi connectivity index (χ2v) is 5.78. The number of carboxylic acids is 1. The van der Waals surface area contributed by atoms with E-state index in [2.05, 4.69) is 18.0 Å². The molecule has 1 heterocycles. The minimum Gasteiger partial charge on any atom is -0.481 e. The van der Waals surface area contributed by atoms with E-state index in [4.69, 9.17) is 5.11 Å². The Morgan fingerprint density at radius 2 is 2.05 bits per heavy atom. The lowest BCUT2D eigenvalue weighted by atomic mass is 9.86. The Bertz CT molecular complexity index is 498. The molecule has 0 saturated carbocycles. The molecule has 2 atom stereocenters. The zero-order chi connectivity index (χ0) is 15.2. The summed E-state index contributed by atoms with van der Waals surface area (Å²) in [4.78, 5) is 12.8. The van der Waals surface area contributed by atoms with E-state index in [1.807, 2.05) is 18.2 Å². The quantitative estimate of drug-likeness (QED) is 0.818. The first-order valence-electron chi connectivity index (χ1n) is 7.37. The first kappa shape index (κ1) is 15.7. The Morgan fingerprint density at radius 3 is 2.71 bits per heavy atom. The second-order valence-electron chi connectivity index (χ2n) is 5.78. The summed E-state index contributed by atoms with van der Waals surface area (Å²) in [5.74, 6) is -0.0408. The monoisotopic (exact) mass is 291 g/mol. The van der Waals surface area contributed by atoms with Gasteiger partial charge in [0.05, 0.1) is 0 Å². The van der Waals surface area contributed by atoms with Crippen molar-refractivity contribution in [3.05, 3.63) is 47.8 Å². The molecule has 0 bridgehead atoms. The van der Waals surface area contributed by atoms with Gasteiger partial charge < -0.3 is 10.0 Å². The first-order valence-corrected chi connectivity index (χ1v) is 7.37. The largest absolute Gasteiger partial charge is 0.481 e. The Balaban J connectivity index is 1.93. The van der Waals surface area contributed by atoms with Crippen LogP contribution in [0.2, 0.25) is 0 Å². The summed E-state index contributed by atoms with van der Waals surface area (Å²) in [5.41, 5.74) is 1.18. The summed E-state index contributed by atoms with van der Waals surface area (Å²) in [5, 5.41) is 8.60. The molecule has 3 nitrogen and oxygen atoms in total. The van der Waals surface area contributed by atoms with Gasteiger partial charge in [0, 0.05) is 25.4 Å². The number of aliphatic carboxylic acids is 1. The number of carbonyl (C=O) groups is 1. The van der Waals surface area contributed by atoms with Crippen LogP contribution in [0.3, 0.4) is 0 Å². The van der Waals surface area contributed by atoms with Gasteiger partial charge >= 0.3 is 5.97 Å². The van der Waals surface area contributed by atoms with Gasteiger partial charge in [0.25, 0.3) is 0 Å². The van der Waals surface area contributed by atoms with Gasteiger partial charge in [-0.1, -0.05) is 24.3 Å². The molecule has 0 radical (unpaired) electrons. The van der Waals surface area contributed by atoms with Gasteiger partial charge in [-0.15, -0.1) is 0 Å². The maximum absolute atomic E-state index is 13.0. The van der Waals surface area contributed by atoms with E-state index in [-0.39, 0.29) is 12.2 Å². The predicted molar refractivity (Wildman–Crippen MR) is 80.8 cm³/mol. The van der Waals surface area contributed by atoms with Gasteiger partial charge in [-0.2, -0.15) is 0 Å². The maximum atomic E-state index is 13.0. The van der Waals surface area contributed by atoms with Crippen LogP contribution < -0.4 is 0 Å². The number of likely N-dealkylation sites (tertiary alicyclic amines) is 1. The summed E-state index contributed by atoms with van der Waals surface area (Å²) in [6.45, 7) is 2.00. The van der Waals surface area contributed by atoms with Gasteiger partial charge in [0.1, 0.15) is 5.82 Å². The molecule has 1 aromatic rings. The zero-order valence-corrected chi connectivity index (χ0v) is 12.3. The Morgan fingerprint density at radius 1 is 1.33 bits per heavy atom. The lowest BCUT2D eigenvalue weighted by Crippen LogP contribution is -2.13. The van der Waals surface area contributed by atoms with Crippen LogP contribution >= 0.6 is 0 Å². The van der Waals surface area contributed by atoms with Crippen LogP contribution in [0.15, 0.2) is 36.4 Å². The highest BCUT2D eigenvalue weighted by atomic mass is 19.1. The van der Waals surface area contributed by atoms with Crippen LogP contribution in [0.4, 0.5) is 4.39 Å². The van der Waals surface area contributed by atoms with Crippen molar-refractivity contribution < 1.29 is 14.3 Å². The number of hydrogen-bond donors (Lipinski definition) is 1. The highest BCUT2D eigenvalue weighted by Crippen LogP contribution is 2.34. The van der Waals surface area contributed by atoms with E-state index in [9.17, 15) is 9.18 Å². The molecule has 0 spiro atoms. The van der Waals surface area contributed by atoms with Gasteiger partial charge in [0.2, 0.25) is 0 Å². The Labute approximate surface area is 125 Å². The van der Waals surface area contributed by atoms with Gasteiger partial charge in [0.15, 0.2) is 0 Å². The predicted octanol–water partition coefficient (Wildman–Crippen LogP) is 3.28. The van der Waals surface area contributed by atoms with Gasteiger partial charge in [-0.05, 0) is 43.5 Å². The molecular formula is C17H22FNO2. The van der Waals surface area contributed by atoms with Crippen LogP contribution in [0.1, 0.15) is 30.7 Å². The van der Waals surface area contributed by atoms with Crippen molar-refractivity contribution in [2.45, 2.75) is 25.2 Å². The highest BCUT2D eigenvalue weighted by molar-refractivity contribution is 5.66. The molecule has 1 fully saturated rings. The zero-order valence-electron chi connectivity index (χ0n) is 12.3. The summed E-state index contributed by atoms with van der Waals surface area (Å²) in [7, 11) is 2.10. The lowest BCUT2D eigenvalue weighted by molar-refractivity contribution is -0.136. The minimum atomic E-state index is -0.760. The Kier molecular flexibility index (Phi) is 5.51. The third-order valence-corrected chi connectivity index (χ3v) is 4.05. The topological polar surface area (TPSA) is 40.5 Å². The van der Waals surface area contributed by atoms with Crippen molar-refractivity contribution in [1.29, 1.82) is 0 Å². The number of halogens is 1. The summed E-state index contributed by atoms with van der Waals surface area (Å²) >= 11 is 0. The van der Waals surface area contributed by atoms with Crippen molar-refractivity contribution >= 4 is 5.97 Å². The van der Waals surface area contributed by atoms with E-state index in [0.29, 0.717) is 18.3 Å². The van der Waals surface area contributed by atoms with E-state index in [1.54, 1.807) is 0 Å². The van der Waals surface area contributed by atoms with Crippen LogP contribution in [-0.4, -0.2) is 36.1 Å². The molecule has 2 rings (SSSR count). The number of carboxylic acid groups (broad SMARTS) is 1. The number of allylic oxidation sites excluding steroid dienone is 2. The number of likely N-dealkylation sites (N-methyl/N-ethyl adjacent to an activating group) is 1. The smallest absolute Gasteiger partial charge is 0.303 e. The van der Waals surface area contributed by atoms with Crippen molar-refractivity contribution in [3.63, 3.8) is 0 Å². The fourth-order valence-electron chi connectivity index (χ4n) is 3.01. The molecule has 0 amide bonds. The van der Waals surface area contributed by atoms with Crippen molar-refractivity contribution in [2.24, 2.45) is 5.92 Å². The number of rotatable bonds is 6. The third kappa shape index (κ3) is 4.67. The van der Waals surface area contributed by atoms with Crippen LogP contribution in [0.5, 0.6) is 0 Å². The molecule has 1 N–H and O–H groups in total. The molecular weight excluding hydrogens is 269 g/mol. The molecule has 0 aliphatic carbocycles. The molecule has 1 saturated heterocycles. The molecule has 1 aromatic carbocycles. The summed E-state index contributed by atoms with van der Waals surface area (Å²) < 4.78 is 13.0. The lowest BCUT2D eigenvalue weighted by Gasteiger charge is -2.17. The maximum Gasteiger partial charge on any atom is 0.303 e. The van der Waals surface area contributed by atoms with E-state index >= 15 is 0 Å². The fraction of sp³-hybridized carbons (Fsp3) is 0.471. The van der Waals surface area contributed by atoms with Crippen LogP contribution in [-0.2, 0) is 4.79 Å². The molecule has 0 unspecified atom stereocenters. The summed E-state index contributed by atoms with van der Waals surface area (Å²) in [6, 6.07) is 6.79. The second kappa shape index (κ2) is 7.36. The normalized spacial score (nSPS) is 23.0. The molecule has 0 aromatic heterocycles. The third-order valence-electron chi connectivity index (χ3n) is 4.05. The van der Waals surface area contributed by atoms with Gasteiger partial charge in [-0.3, -0.25) is 4.79 Å². The molecule has 21 heavy (non-hydrogen) atoms. The fourth-order valence-corrected chi connectivity index (χ4v) is 3.01. The average molecular weight is 291 g/mol. The Hall–Kier alpha value is -1.68. The van der Waals surface area contributed by atoms with Crippen LogP contribution in [0, 0.1) is 11.7 Å². The van der Waals surface area contributed by atoms with E-state index in [1.165, 1.54) is 17.7 Å². The molecule has 1 aliphatic rings. The molecule has 1 aliphatic heterocycles. The standard InChI is InChI=1S/C17H22FNO2/c1-19-11-14(5-3-2-4-6-17(20)21)16(12-19)13-7-9-15(18)10-8-13/h2-3,7-10,14,16H,4-6,11-12H2,1H3,(H,20,21)/t14-,16+/m0/s1. The van der Waals surface area contributed by atoms with E-state index in [0.717, 1.165) is 19.5 Å². The molecule has 4 heteroatoms. The number of nitrogens with zero attached hydrogens (tertiary/aromatic N) is 1. The summed E-state index contributed by atoms with van der Waals surface area (Å²) in [6.07, 6.45) is 5.74. The van der Waals surface area contributed by atoms with Crippen molar-refractivity contribution in [3.8, 4) is 0 Å².